The molecule has 29 heavy (non-hydrogen) atoms. The lowest BCUT2D eigenvalue weighted by molar-refractivity contribution is -0.192. The zero-order valence-electron chi connectivity index (χ0n) is 15.7. The number of likely N-dealkylation sites (tertiary alicyclic amines) is 2. The molecule has 0 aromatic carbocycles. The van der Waals surface area contributed by atoms with E-state index in [-0.39, 0.29) is 17.2 Å². The van der Waals surface area contributed by atoms with Crippen molar-refractivity contribution < 1.29 is 32.7 Å². The Kier molecular flexibility index (Phi) is 6.99. The van der Waals surface area contributed by atoms with Crippen molar-refractivity contribution in [3.05, 3.63) is 42.7 Å². The largest absolute Gasteiger partial charge is 0.490 e. The number of amides is 2. The summed E-state index contributed by atoms with van der Waals surface area (Å²) in [4.78, 5) is 41.9. The summed E-state index contributed by atoms with van der Waals surface area (Å²) in [6.07, 6.45) is 2.50. The van der Waals surface area contributed by atoms with Gasteiger partial charge in [-0.15, -0.1) is 6.58 Å². The van der Waals surface area contributed by atoms with Gasteiger partial charge in [-0.3, -0.25) is 14.6 Å². The van der Waals surface area contributed by atoms with Crippen molar-refractivity contribution in [3.8, 4) is 0 Å². The van der Waals surface area contributed by atoms with E-state index in [1.54, 1.807) is 30.6 Å². The number of aliphatic carboxylic acids is 1. The first-order valence-electron chi connectivity index (χ1n) is 9.00. The van der Waals surface area contributed by atoms with Crippen LogP contribution < -0.4 is 0 Å². The number of halogens is 3. The van der Waals surface area contributed by atoms with Gasteiger partial charge in [0.2, 0.25) is 5.91 Å². The van der Waals surface area contributed by atoms with Gasteiger partial charge < -0.3 is 14.9 Å². The highest BCUT2D eigenvalue weighted by atomic mass is 19.4. The smallest absolute Gasteiger partial charge is 0.475 e. The number of carboxylic acid groups (broad SMARTS) is 1. The van der Waals surface area contributed by atoms with Gasteiger partial charge in [0.05, 0.1) is 11.0 Å². The third-order valence-electron chi connectivity index (χ3n) is 4.97. The van der Waals surface area contributed by atoms with E-state index in [9.17, 15) is 22.8 Å². The molecule has 10 heteroatoms. The highest BCUT2D eigenvalue weighted by molar-refractivity contribution is 5.95. The number of pyridine rings is 1. The SMILES string of the molecule is C=CCN1CCC2(CCCN(C(=O)c3cccnc3)C2)C1=O.O=C(O)C(F)(F)F. The first-order chi connectivity index (χ1) is 13.6. The summed E-state index contributed by atoms with van der Waals surface area (Å²) in [6, 6.07) is 3.54. The van der Waals surface area contributed by atoms with E-state index >= 15 is 0 Å². The molecule has 2 aliphatic rings. The van der Waals surface area contributed by atoms with Gasteiger partial charge in [0.15, 0.2) is 0 Å². The minimum atomic E-state index is -5.08. The molecule has 1 unspecified atom stereocenters. The number of hydrogen-bond acceptors (Lipinski definition) is 4. The lowest BCUT2D eigenvalue weighted by Crippen LogP contribution is -2.49. The Morgan fingerprint density at radius 2 is 2.00 bits per heavy atom. The van der Waals surface area contributed by atoms with E-state index in [4.69, 9.17) is 9.90 Å². The molecule has 3 rings (SSSR count). The summed E-state index contributed by atoms with van der Waals surface area (Å²) in [7, 11) is 0. The molecule has 2 fully saturated rings. The Balaban J connectivity index is 0.000000370. The molecular weight excluding hydrogens is 391 g/mol. The maximum absolute atomic E-state index is 12.7. The lowest BCUT2D eigenvalue weighted by atomic mass is 9.78. The zero-order valence-corrected chi connectivity index (χ0v) is 15.7. The lowest BCUT2D eigenvalue weighted by Gasteiger charge is -2.39. The summed E-state index contributed by atoms with van der Waals surface area (Å²) in [5.41, 5.74) is 0.201. The second-order valence-corrected chi connectivity index (χ2v) is 6.95. The predicted molar refractivity (Wildman–Crippen MR) is 96.9 cm³/mol. The first kappa shape index (κ1) is 22.4. The molecule has 0 radical (unpaired) electrons. The van der Waals surface area contributed by atoms with E-state index in [1.165, 1.54) is 0 Å². The maximum atomic E-state index is 12.7. The van der Waals surface area contributed by atoms with E-state index in [1.807, 2.05) is 9.80 Å². The second kappa shape index (κ2) is 9.06. The van der Waals surface area contributed by atoms with Crippen molar-refractivity contribution in [2.75, 3.05) is 26.2 Å². The zero-order chi connectivity index (χ0) is 21.7. The van der Waals surface area contributed by atoms with Gasteiger partial charge in [0.1, 0.15) is 0 Å². The molecule has 0 bridgehead atoms. The van der Waals surface area contributed by atoms with Crippen LogP contribution in [0.25, 0.3) is 0 Å². The maximum Gasteiger partial charge on any atom is 0.490 e. The summed E-state index contributed by atoms with van der Waals surface area (Å²) >= 11 is 0. The summed E-state index contributed by atoms with van der Waals surface area (Å²) < 4.78 is 31.7. The number of carbonyl (C=O) groups excluding carboxylic acids is 2. The van der Waals surface area contributed by atoms with Gasteiger partial charge >= 0.3 is 12.1 Å². The van der Waals surface area contributed by atoms with E-state index in [0.717, 1.165) is 25.8 Å². The standard InChI is InChI=1S/C17H21N3O2.C2HF3O2/c1-2-9-19-11-7-17(16(19)22)6-4-10-20(13-17)15(21)14-5-3-8-18-12-14;3-2(4,5)1(6)7/h2-3,5,8,12H,1,4,6-7,9-11,13H2;(H,6,7). The van der Waals surface area contributed by atoms with Crippen LogP contribution >= 0.6 is 0 Å². The fourth-order valence-corrected chi connectivity index (χ4v) is 3.58. The van der Waals surface area contributed by atoms with Crippen LogP contribution in [-0.4, -0.2) is 70.0 Å². The number of carbonyl (C=O) groups is 3. The Bertz CT molecular complexity index is 770. The Morgan fingerprint density at radius 3 is 2.55 bits per heavy atom. The Morgan fingerprint density at radius 1 is 1.31 bits per heavy atom. The minimum absolute atomic E-state index is 0.0258. The van der Waals surface area contributed by atoms with Crippen molar-refractivity contribution in [3.63, 3.8) is 0 Å². The highest BCUT2D eigenvalue weighted by Crippen LogP contribution is 2.40. The van der Waals surface area contributed by atoms with Crippen molar-refractivity contribution in [2.45, 2.75) is 25.4 Å². The number of piperidine rings is 1. The highest BCUT2D eigenvalue weighted by Gasteiger charge is 2.49. The quantitative estimate of drug-likeness (QED) is 0.769. The van der Waals surface area contributed by atoms with Crippen LogP contribution in [0.5, 0.6) is 0 Å². The fourth-order valence-electron chi connectivity index (χ4n) is 3.58. The molecule has 3 heterocycles. The van der Waals surface area contributed by atoms with Gasteiger partial charge in [0.25, 0.3) is 5.91 Å². The first-order valence-corrected chi connectivity index (χ1v) is 9.00. The van der Waals surface area contributed by atoms with E-state index in [2.05, 4.69) is 11.6 Å². The average Bonchev–Trinajstić information content (AvgIpc) is 2.98. The minimum Gasteiger partial charge on any atom is -0.475 e. The molecule has 1 spiro atoms. The van der Waals surface area contributed by atoms with Crippen molar-refractivity contribution in [2.24, 2.45) is 5.41 Å². The second-order valence-electron chi connectivity index (χ2n) is 6.95. The Labute approximate surface area is 165 Å². The number of alkyl halides is 3. The molecular formula is C19H22F3N3O4. The molecule has 1 aromatic rings. The molecule has 7 nitrogen and oxygen atoms in total. The van der Waals surface area contributed by atoms with Gasteiger partial charge in [-0.1, -0.05) is 6.08 Å². The summed E-state index contributed by atoms with van der Waals surface area (Å²) in [5.74, 6) is -2.61. The normalized spacial score (nSPS) is 21.6. The van der Waals surface area contributed by atoms with Crippen LogP contribution in [0, 0.1) is 5.41 Å². The molecule has 2 aliphatic heterocycles. The molecule has 1 aromatic heterocycles. The third-order valence-corrected chi connectivity index (χ3v) is 4.97. The van der Waals surface area contributed by atoms with Crippen LogP contribution in [0.15, 0.2) is 37.2 Å². The van der Waals surface area contributed by atoms with Crippen LogP contribution in [0.2, 0.25) is 0 Å². The van der Waals surface area contributed by atoms with Gasteiger partial charge in [-0.25, -0.2) is 4.79 Å². The topological polar surface area (TPSA) is 90.8 Å². The van der Waals surface area contributed by atoms with Gasteiger partial charge in [0, 0.05) is 38.6 Å². The van der Waals surface area contributed by atoms with E-state index in [0.29, 0.717) is 25.2 Å². The predicted octanol–water partition coefficient (Wildman–Crippen LogP) is 2.36. The average molecular weight is 413 g/mol. The summed E-state index contributed by atoms with van der Waals surface area (Å²) in [5, 5.41) is 7.12. The number of nitrogens with zero attached hydrogens (tertiary/aromatic N) is 3. The molecule has 158 valence electrons. The van der Waals surface area contributed by atoms with Crippen LogP contribution in [0.4, 0.5) is 13.2 Å². The van der Waals surface area contributed by atoms with Crippen molar-refractivity contribution in [1.29, 1.82) is 0 Å². The van der Waals surface area contributed by atoms with Crippen molar-refractivity contribution >= 4 is 17.8 Å². The molecule has 1 N–H and O–H groups in total. The monoisotopic (exact) mass is 413 g/mol. The number of hydrogen-bond donors (Lipinski definition) is 1. The molecule has 2 saturated heterocycles. The fraction of sp³-hybridized carbons (Fsp3) is 0.474. The van der Waals surface area contributed by atoms with E-state index < -0.39 is 12.1 Å². The summed E-state index contributed by atoms with van der Waals surface area (Å²) in [6.45, 7) is 6.30. The number of rotatable bonds is 3. The van der Waals surface area contributed by atoms with Gasteiger partial charge in [-0.05, 0) is 31.4 Å². The number of aromatic nitrogens is 1. The third kappa shape index (κ3) is 5.33. The van der Waals surface area contributed by atoms with Crippen molar-refractivity contribution in [1.82, 2.24) is 14.8 Å². The Hall–Kier alpha value is -2.91. The molecule has 1 atom stereocenters. The molecule has 0 aliphatic carbocycles. The molecule has 0 saturated carbocycles. The van der Waals surface area contributed by atoms with Gasteiger partial charge in [-0.2, -0.15) is 13.2 Å². The van der Waals surface area contributed by atoms with Crippen LogP contribution in [-0.2, 0) is 9.59 Å². The van der Waals surface area contributed by atoms with Crippen LogP contribution in [0.3, 0.4) is 0 Å². The van der Waals surface area contributed by atoms with Crippen LogP contribution in [0.1, 0.15) is 29.6 Å². The molecule has 2 amide bonds. The number of carboxylic acids is 1.